The maximum Gasteiger partial charge on any atom is 0.231 e. The highest BCUT2D eigenvalue weighted by molar-refractivity contribution is 8.14. The Labute approximate surface area is 69.0 Å². The van der Waals surface area contributed by atoms with E-state index in [4.69, 9.17) is 5.21 Å². The van der Waals surface area contributed by atoms with Gasteiger partial charge >= 0.3 is 0 Å². The van der Waals surface area contributed by atoms with Crippen molar-refractivity contribution >= 4 is 22.7 Å². The van der Waals surface area contributed by atoms with Gasteiger partial charge in [-0.1, -0.05) is 16.9 Å². The standard InChI is InChI=1S/C6H10N2O2S/c1-6(2)5(8-10)11-3-4(9)7-6/h10H,3H2,1-2H3,(H,7,9)/b8-5+. The molecular weight excluding hydrogens is 164 g/mol. The molecule has 0 unspecified atom stereocenters. The summed E-state index contributed by atoms with van der Waals surface area (Å²) in [4.78, 5) is 10.9. The molecule has 0 spiro atoms. The minimum Gasteiger partial charge on any atom is -0.410 e. The largest absolute Gasteiger partial charge is 0.410 e. The first kappa shape index (κ1) is 8.39. The highest BCUT2D eigenvalue weighted by Crippen LogP contribution is 2.21. The molecule has 1 rings (SSSR count). The molecular formula is C6H10N2O2S. The number of nitrogens with zero attached hydrogens (tertiary/aromatic N) is 1. The van der Waals surface area contributed by atoms with Crippen LogP contribution in [0.4, 0.5) is 0 Å². The van der Waals surface area contributed by atoms with Gasteiger partial charge in [-0.3, -0.25) is 4.79 Å². The van der Waals surface area contributed by atoms with Crippen LogP contribution in [0.2, 0.25) is 0 Å². The second-order valence-corrected chi connectivity index (χ2v) is 3.83. The van der Waals surface area contributed by atoms with Crippen LogP contribution < -0.4 is 5.32 Å². The van der Waals surface area contributed by atoms with Crippen LogP contribution >= 0.6 is 11.8 Å². The van der Waals surface area contributed by atoms with Crippen LogP contribution in [0.15, 0.2) is 5.16 Å². The fourth-order valence-electron chi connectivity index (χ4n) is 0.906. The quantitative estimate of drug-likeness (QED) is 0.413. The first-order chi connectivity index (χ1) is 5.06. The average Bonchev–Trinajstić information content (AvgIpc) is 1.85. The van der Waals surface area contributed by atoms with E-state index in [0.29, 0.717) is 10.8 Å². The van der Waals surface area contributed by atoms with E-state index < -0.39 is 5.54 Å². The second-order valence-electron chi connectivity index (χ2n) is 2.87. The van der Waals surface area contributed by atoms with Gasteiger partial charge < -0.3 is 10.5 Å². The Morgan fingerprint density at radius 1 is 1.73 bits per heavy atom. The third-order valence-electron chi connectivity index (χ3n) is 1.42. The molecule has 0 aromatic rings. The van der Waals surface area contributed by atoms with Crippen LogP contribution in [0.5, 0.6) is 0 Å². The minimum absolute atomic E-state index is 0.0209. The molecule has 1 aliphatic heterocycles. The number of rotatable bonds is 0. The Morgan fingerprint density at radius 2 is 2.36 bits per heavy atom. The fourth-order valence-corrected chi connectivity index (χ4v) is 1.72. The number of nitrogens with one attached hydrogen (secondary N) is 1. The van der Waals surface area contributed by atoms with Crippen LogP contribution in [0.3, 0.4) is 0 Å². The smallest absolute Gasteiger partial charge is 0.231 e. The van der Waals surface area contributed by atoms with Crippen molar-refractivity contribution in [1.82, 2.24) is 5.32 Å². The minimum atomic E-state index is -0.519. The lowest BCUT2D eigenvalue weighted by Gasteiger charge is -2.30. The summed E-state index contributed by atoms with van der Waals surface area (Å²) in [7, 11) is 0. The Bertz CT molecular complexity index is 213. The molecule has 0 aromatic heterocycles. The topological polar surface area (TPSA) is 61.7 Å². The predicted molar refractivity (Wildman–Crippen MR) is 43.9 cm³/mol. The third kappa shape index (κ3) is 1.65. The van der Waals surface area contributed by atoms with Crippen molar-refractivity contribution < 1.29 is 10.0 Å². The lowest BCUT2D eigenvalue weighted by Crippen LogP contribution is -2.53. The van der Waals surface area contributed by atoms with Gasteiger partial charge in [0.1, 0.15) is 5.04 Å². The zero-order valence-electron chi connectivity index (χ0n) is 6.42. The maximum atomic E-state index is 10.9. The van der Waals surface area contributed by atoms with Crippen LogP contribution in [0.25, 0.3) is 0 Å². The summed E-state index contributed by atoms with van der Waals surface area (Å²) in [5.74, 6) is 0.315. The first-order valence-electron chi connectivity index (χ1n) is 3.22. The molecule has 0 atom stereocenters. The lowest BCUT2D eigenvalue weighted by atomic mass is 10.1. The first-order valence-corrected chi connectivity index (χ1v) is 4.21. The SMILES string of the molecule is CC1(C)NC(=O)CS/C1=N/O. The molecule has 1 aliphatic rings. The zero-order chi connectivity index (χ0) is 8.48. The maximum absolute atomic E-state index is 10.9. The van der Waals surface area contributed by atoms with Gasteiger partial charge in [-0.2, -0.15) is 0 Å². The molecule has 2 N–H and O–H groups in total. The number of oxime groups is 1. The summed E-state index contributed by atoms with van der Waals surface area (Å²) in [6.07, 6.45) is 0. The van der Waals surface area contributed by atoms with Gasteiger partial charge in [-0.25, -0.2) is 0 Å². The van der Waals surface area contributed by atoms with E-state index in [9.17, 15) is 4.79 Å². The number of carbonyl (C=O) groups excluding carboxylic acids is 1. The molecule has 0 bridgehead atoms. The molecule has 1 heterocycles. The lowest BCUT2D eigenvalue weighted by molar-refractivity contribution is -0.119. The summed E-state index contributed by atoms with van der Waals surface area (Å²) in [6.45, 7) is 3.60. The third-order valence-corrected chi connectivity index (χ3v) is 2.69. The molecule has 0 saturated carbocycles. The molecule has 5 heteroatoms. The molecule has 1 amide bonds. The summed E-state index contributed by atoms with van der Waals surface area (Å²) in [6, 6.07) is 0. The van der Waals surface area contributed by atoms with Gasteiger partial charge in [0, 0.05) is 0 Å². The predicted octanol–water partition coefficient (Wildman–Crippen LogP) is 0.416. The van der Waals surface area contributed by atoms with E-state index in [1.54, 1.807) is 13.8 Å². The normalized spacial score (nSPS) is 26.7. The highest BCUT2D eigenvalue weighted by Gasteiger charge is 2.32. The van der Waals surface area contributed by atoms with Crippen LogP contribution in [-0.4, -0.2) is 27.4 Å². The summed E-state index contributed by atoms with van der Waals surface area (Å²) < 4.78 is 0. The van der Waals surface area contributed by atoms with Crippen molar-refractivity contribution in [1.29, 1.82) is 0 Å². The van der Waals surface area contributed by atoms with E-state index in [1.807, 2.05) is 0 Å². The number of amides is 1. The van der Waals surface area contributed by atoms with Crippen molar-refractivity contribution in [2.45, 2.75) is 19.4 Å². The highest BCUT2D eigenvalue weighted by atomic mass is 32.2. The zero-order valence-corrected chi connectivity index (χ0v) is 7.23. The van der Waals surface area contributed by atoms with Crippen LogP contribution in [-0.2, 0) is 4.79 Å². The molecule has 1 saturated heterocycles. The van der Waals surface area contributed by atoms with Crippen molar-refractivity contribution in [3.05, 3.63) is 0 Å². The van der Waals surface area contributed by atoms with Crippen molar-refractivity contribution in [2.24, 2.45) is 5.16 Å². The summed E-state index contributed by atoms with van der Waals surface area (Å²) in [5.41, 5.74) is -0.519. The molecule has 1 fully saturated rings. The molecule has 0 aromatic carbocycles. The Morgan fingerprint density at radius 3 is 2.82 bits per heavy atom. The monoisotopic (exact) mass is 174 g/mol. The van der Waals surface area contributed by atoms with Crippen molar-refractivity contribution in [3.63, 3.8) is 0 Å². The second kappa shape index (κ2) is 2.73. The summed E-state index contributed by atoms with van der Waals surface area (Å²) >= 11 is 1.27. The van der Waals surface area contributed by atoms with Gasteiger partial charge in [0.25, 0.3) is 0 Å². The van der Waals surface area contributed by atoms with Crippen molar-refractivity contribution in [3.8, 4) is 0 Å². The number of hydrogen-bond acceptors (Lipinski definition) is 4. The van der Waals surface area contributed by atoms with E-state index in [-0.39, 0.29) is 5.91 Å². The van der Waals surface area contributed by atoms with Crippen LogP contribution in [0, 0.1) is 0 Å². The number of thioether (sulfide) groups is 1. The fraction of sp³-hybridized carbons (Fsp3) is 0.667. The Balaban J connectivity index is 2.80. The van der Waals surface area contributed by atoms with Gasteiger partial charge in [-0.15, -0.1) is 0 Å². The van der Waals surface area contributed by atoms with E-state index >= 15 is 0 Å². The van der Waals surface area contributed by atoms with Crippen LogP contribution in [0.1, 0.15) is 13.8 Å². The number of hydrogen-bond donors (Lipinski definition) is 2. The number of carbonyl (C=O) groups is 1. The molecule has 11 heavy (non-hydrogen) atoms. The van der Waals surface area contributed by atoms with E-state index in [2.05, 4.69) is 10.5 Å². The van der Waals surface area contributed by atoms with Gasteiger partial charge in [0.15, 0.2) is 0 Å². The van der Waals surface area contributed by atoms with Gasteiger partial charge in [0.2, 0.25) is 5.91 Å². The average molecular weight is 174 g/mol. The summed E-state index contributed by atoms with van der Waals surface area (Å²) in [5, 5.41) is 14.9. The van der Waals surface area contributed by atoms with Gasteiger partial charge in [0.05, 0.1) is 11.3 Å². The molecule has 0 radical (unpaired) electrons. The van der Waals surface area contributed by atoms with Crippen molar-refractivity contribution in [2.75, 3.05) is 5.75 Å². The van der Waals surface area contributed by atoms with Gasteiger partial charge in [-0.05, 0) is 13.8 Å². The molecule has 62 valence electrons. The molecule has 4 nitrogen and oxygen atoms in total. The Hall–Kier alpha value is -0.710. The Kier molecular flexibility index (Phi) is 2.08. The molecule has 0 aliphatic carbocycles. The van der Waals surface area contributed by atoms with E-state index in [0.717, 1.165) is 0 Å². The van der Waals surface area contributed by atoms with E-state index in [1.165, 1.54) is 11.8 Å².